The number of nitrogens with zero attached hydrogens (tertiary/aromatic N) is 1. The largest absolute Gasteiger partial charge is 0.327 e. The van der Waals surface area contributed by atoms with Crippen molar-refractivity contribution in [3.63, 3.8) is 0 Å². The van der Waals surface area contributed by atoms with Crippen LogP contribution in [-0.4, -0.2) is 11.0 Å². The van der Waals surface area contributed by atoms with Gasteiger partial charge in [-0.05, 0) is 52.8 Å². The molecule has 0 aliphatic carbocycles. The summed E-state index contributed by atoms with van der Waals surface area (Å²) in [5.41, 5.74) is 1.43. The first-order valence-corrected chi connectivity index (χ1v) is 8.52. The van der Waals surface area contributed by atoms with Crippen molar-refractivity contribution in [2.24, 2.45) is 0 Å². The van der Waals surface area contributed by atoms with Crippen LogP contribution in [0, 0.1) is 5.82 Å². The number of thiocarbonyl (C=S) groups is 1. The highest BCUT2D eigenvalue weighted by Gasteiger charge is 2.33. The molecule has 1 aliphatic heterocycles. The molecule has 1 aromatic heterocycles. The van der Waals surface area contributed by atoms with Crippen molar-refractivity contribution in [1.29, 1.82) is 0 Å². The molecule has 1 aliphatic rings. The normalized spacial score (nSPS) is 16.2. The van der Waals surface area contributed by atoms with Gasteiger partial charge in [0.05, 0.1) is 5.69 Å². The van der Waals surface area contributed by atoms with Gasteiger partial charge in [0.2, 0.25) is 0 Å². The van der Waals surface area contributed by atoms with Gasteiger partial charge in [0.25, 0.3) is 5.91 Å². The molecule has 1 saturated heterocycles. The number of nitrogens with one attached hydrogen (secondary N) is 1. The van der Waals surface area contributed by atoms with Crippen LogP contribution in [0.1, 0.15) is 5.56 Å². The van der Waals surface area contributed by atoms with Crippen LogP contribution in [-0.2, 0) is 4.79 Å². The number of rotatable bonds is 2. The molecule has 2 heterocycles. The smallest absolute Gasteiger partial charge is 0.281 e. The third-order valence-electron chi connectivity index (χ3n) is 3.78. The molecule has 4 rings (SSSR count). The molecule has 1 N–H and O–H groups in total. The molecule has 3 nitrogen and oxygen atoms in total. The molecule has 0 radical (unpaired) electrons. The quantitative estimate of drug-likeness (QED) is 0.550. The van der Waals surface area contributed by atoms with Gasteiger partial charge in [-0.1, -0.05) is 30.3 Å². The minimum Gasteiger partial charge on any atom is -0.327 e. The van der Waals surface area contributed by atoms with Crippen LogP contribution in [0.5, 0.6) is 0 Å². The van der Waals surface area contributed by atoms with Crippen LogP contribution in [0.15, 0.2) is 59.6 Å². The number of fused-ring (bicyclic) bond motifs is 1. The van der Waals surface area contributed by atoms with Gasteiger partial charge in [0.15, 0.2) is 5.11 Å². The zero-order valence-electron chi connectivity index (χ0n) is 12.3. The Hall–Kier alpha value is -2.57. The highest BCUT2D eigenvalue weighted by molar-refractivity contribution is 7.80. The summed E-state index contributed by atoms with van der Waals surface area (Å²) >= 11 is 6.83. The highest BCUT2D eigenvalue weighted by Crippen LogP contribution is 2.29. The van der Waals surface area contributed by atoms with E-state index < -0.39 is 5.82 Å². The summed E-state index contributed by atoms with van der Waals surface area (Å²) in [7, 11) is 0. The van der Waals surface area contributed by atoms with Crippen molar-refractivity contribution < 1.29 is 9.18 Å². The average Bonchev–Trinajstić information content (AvgIpc) is 3.11. The predicted molar refractivity (Wildman–Crippen MR) is 99.4 cm³/mol. The number of carbonyl (C=O) groups excluding carboxylic acids is 1. The molecule has 24 heavy (non-hydrogen) atoms. The van der Waals surface area contributed by atoms with E-state index in [2.05, 4.69) is 5.32 Å². The lowest BCUT2D eigenvalue weighted by atomic mass is 10.1. The number of hydrogen-bond acceptors (Lipinski definition) is 3. The fourth-order valence-electron chi connectivity index (χ4n) is 2.65. The summed E-state index contributed by atoms with van der Waals surface area (Å²) in [6, 6.07) is 14.0. The lowest BCUT2D eigenvalue weighted by molar-refractivity contribution is -0.113. The van der Waals surface area contributed by atoms with Gasteiger partial charge < -0.3 is 5.32 Å². The lowest BCUT2D eigenvalue weighted by Crippen LogP contribution is -2.31. The SMILES string of the molecule is O=C1/C(=C/c2csc3ccccc23)NC(=S)N1c1ccccc1F. The number of benzene rings is 2. The minimum atomic E-state index is -0.489. The van der Waals surface area contributed by atoms with E-state index in [0.29, 0.717) is 5.70 Å². The number of carbonyl (C=O) groups is 1. The van der Waals surface area contributed by atoms with Gasteiger partial charge in [0, 0.05) is 4.70 Å². The Morgan fingerprint density at radius 2 is 1.88 bits per heavy atom. The first kappa shape index (κ1) is 15.0. The number of halogens is 1. The van der Waals surface area contributed by atoms with E-state index in [4.69, 9.17) is 12.2 Å². The summed E-state index contributed by atoms with van der Waals surface area (Å²) in [6.45, 7) is 0. The molecule has 6 heteroatoms. The van der Waals surface area contributed by atoms with Gasteiger partial charge in [-0.15, -0.1) is 11.3 Å². The highest BCUT2D eigenvalue weighted by atomic mass is 32.1. The van der Waals surface area contributed by atoms with E-state index in [1.165, 1.54) is 17.0 Å². The maximum absolute atomic E-state index is 14.0. The summed E-state index contributed by atoms with van der Waals surface area (Å²) in [6.07, 6.45) is 1.76. The fourth-order valence-corrected chi connectivity index (χ4v) is 3.86. The summed E-state index contributed by atoms with van der Waals surface area (Å²) in [5.74, 6) is -0.849. The summed E-state index contributed by atoms with van der Waals surface area (Å²) < 4.78 is 15.1. The fraction of sp³-hybridized carbons (Fsp3) is 0. The molecule has 1 amide bonds. The number of amides is 1. The van der Waals surface area contributed by atoms with Crippen molar-refractivity contribution >= 4 is 56.4 Å². The Morgan fingerprint density at radius 1 is 1.12 bits per heavy atom. The monoisotopic (exact) mass is 354 g/mol. The molecule has 118 valence electrons. The lowest BCUT2D eigenvalue weighted by Gasteiger charge is -2.14. The Kier molecular flexibility index (Phi) is 3.63. The second kappa shape index (κ2) is 5.81. The van der Waals surface area contributed by atoms with Crippen LogP contribution in [0.3, 0.4) is 0 Å². The zero-order chi connectivity index (χ0) is 16.7. The molecular weight excluding hydrogens is 343 g/mol. The molecule has 0 bridgehead atoms. The molecule has 3 aromatic rings. The first-order chi connectivity index (χ1) is 11.6. The standard InChI is InChI=1S/C18H11FN2OS2/c19-13-6-2-3-7-15(13)21-17(22)14(20-18(21)23)9-11-10-24-16-8-4-1-5-12(11)16/h1-10H,(H,20,23)/b14-9-. The average molecular weight is 354 g/mol. The third kappa shape index (κ3) is 2.40. The van der Waals surface area contributed by atoms with Gasteiger partial charge in [0.1, 0.15) is 11.5 Å². The van der Waals surface area contributed by atoms with E-state index >= 15 is 0 Å². The van der Waals surface area contributed by atoms with Crippen molar-refractivity contribution in [3.8, 4) is 0 Å². The Bertz CT molecular complexity index is 1010. The topological polar surface area (TPSA) is 32.3 Å². The van der Waals surface area contributed by atoms with Crippen molar-refractivity contribution in [2.45, 2.75) is 0 Å². The van der Waals surface area contributed by atoms with Crippen LogP contribution >= 0.6 is 23.6 Å². The van der Waals surface area contributed by atoms with Crippen molar-refractivity contribution in [3.05, 3.63) is 71.0 Å². The zero-order valence-corrected chi connectivity index (χ0v) is 14.0. The van der Waals surface area contributed by atoms with Crippen molar-refractivity contribution in [2.75, 3.05) is 4.90 Å². The second-order valence-electron chi connectivity index (χ2n) is 5.27. The molecule has 0 spiro atoms. The Balaban J connectivity index is 1.75. The predicted octanol–water partition coefficient (Wildman–Crippen LogP) is 4.30. The third-order valence-corrected chi connectivity index (χ3v) is 5.05. The molecule has 1 fully saturated rings. The summed E-state index contributed by atoms with van der Waals surface area (Å²) in [5, 5.41) is 6.12. The number of hydrogen-bond donors (Lipinski definition) is 1. The number of thiophene rings is 1. The Labute approximate surface area is 147 Å². The molecule has 2 aromatic carbocycles. The molecule has 0 saturated carbocycles. The maximum atomic E-state index is 14.0. The number of anilines is 1. The van der Waals surface area contributed by atoms with Crippen LogP contribution in [0.4, 0.5) is 10.1 Å². The second-order valence-corrected chi connectivity index (χ2v) is 6.57. The summed E-state index contributed by atoms with van der Waals surface area (Å²) in [4.78, 5) is 13.9. The first-order valence-electron chi connectivity index (χ1n) is 7.23. The maximum Gasteiger partial charge on any atom is 0.281 e. The molecule has 0 unspecified atom stereocenters. The van der Waals surface area contributed by atoms with Crippen LogP contribution in [0.25, 0.3) is 16.2 Å². The van der Waals surface area contributed by atoms with E-state index in [1.807, 2.05) is 29.6 Å². The van der Waals surface area contributed by atoms with Gasteiger partial charge >= 0.3 is 0 Å². The van der Waals surface area contributed by atoms with E-state index in [-0.39, 0.29) is 16.7 Å². The van der Waals surface area contributed by atoms with E-state index in [9.17, 15) is 9.18 Å². The van der Waals surface area contributed by atoms with Crippen LogP contribution in [0.2, 0.25) is 0 Å². The van der Waals surface area contributed by atoms with Gasteiger partial charge in [-0.2, -0.15) is 0 Å². The van der Waals surface area contributed by atoms with Gasteiger partial charge in [-0.3, -0.25) is 4.79 Å². The van der Waals surface area contributed by atoms with Crippen LogP contribution < -0.4 is 10.2 Å². The molecular formula is C18H11FN2OS2. The molecule has 0 atom stereocenters. The van der Waals surface area contributed by atoms with E-state index in [0.717, 1.165) is 15.6 Å². The van der Waals surface area contributed by atoms with Crippen molar-refractivity contribution in [1.82, 2.24) is 5.32 Å². The minimum absolute atomic E-state index is 0.151. The van der Waals surface area contributed by atoms with E-state index in [1.54, 1.807) is 29.5 Å². The number of para-hydroxylation sites is 1. The Morgan fingerprint density at radius 3 is 2.71 bits per heavy atom. The van der Waals surface area contributed by atoms with Gasteiger partial charge in [-0.25, -0.2) is 9.29 Å².